The Morgan fingerprint density at radius 2 is 1.88 bits per heavy atom. The van der Waals surface area contributed by atoms with E-state index in [0.29, 0.717) is 38.8 Å². The van der Waals surface area contributed by atoms with Crippen molar-refractivity contribution in [2.45, 2.75) is 12.5 Å². The summed E-state index contributed by atoms with van der Waals surface area (Å²) in [5.74, 6) is 0.622. The van der Waals surface area contributed by atoms with Crippen LogP contribution < -0.4 is 9.80 Å². The fourth-order valence-electron chi connectivity index (χ4n) is 3.37. The van der Waals surface area contributed by atoms with Crippen molar-refractivity contribution in [1.82, 2.24) is 9.97 Å². The van der Waals surface area contributed by atoms with E-state index in [1.54, 1.807) is 4.90 Å². The highest BCUT2D eigenvalue weighted by Crippen LogP contribution is 2.28. The molecule has 0 N–H and O–H groups in total. The second kappa shape index (κ2) is 7.01. The van der Waals surface area contributed by atoms with Crippen LogP contribution in [0.1, 0.15) is 5.56 Å². The normalized spacial score (nSPS) is 24.0. The zero-order valence-corrected chi connectivity index (χ0v) is 14.8. The lowest BCUT2D eigenvalue weighted by Gasteiger charge is -2.43. The number of carbonyl (C=O) groups is 1. The lowest BCUT2D eigenvalue weighted by atomic mass is 10.0. The molecule has 0 saturated carbocycles. The number of hydrogen-bond acceptors (Lipinski definition) is 6. The minimum Gasteiger partial charge on any atom is -0.376 e. The number of carbonyl (C=O) groups excluding carboxylic acids is 1. The van der Waals surface area contributed by atoms with Gasteiger partial charge in [-0.1, -0.05) is 18.2 Å². The van der Waals surface area contributed by atoms with Gasteiger partial charge in [0.1, 0.15) is 12.2 Å². The minimum atomic E-state index is -0.603. The van der Waals surface area contributed by atoms with Gasteiger partial charge in [-0.25, -0.2) is 9.97 Å². The third-order valence-electron chi connectivity index (χ3n) is 4.72. The Balaban J connectivity index is 1.59. The number of amides is 1. The van der Waals surface area contributed by atoms with Gasteiger partial charge in [-0.05, 0) is 24.6 Å². The molecule has 0 bridgehead atoms. The predicted octanol–water partition coefficient (Wildman–Crippen LogP) is 1.42. The first-order valence-electron chi connectivity index (χ1n) is 8.76. The zero-order chi connectivity index (χ0) is 18.0. The van der Waals surface area contributed by atoms with Gasteiger partial charge >= 0.3 is 0 Å². The van der Waals surface area contributed by atoms with Crippen LogP contribution in [0.2, 0.25) is 0 Å². The molecule has 0 aliphatic carbocycles. The first-order valence-corrected chi connectivity index (χ1v) is 8.76. The maximum absolute atomic E-state index is 12.4. The third-order valence-corrected chi connectivity index (χ3v) is 4.72. The average Bonchev–Trinajstić information content (AvgIpc) is 2.88. The van der Waals surface area contributed by atoms with Crippen LogP contribution in [0.15, 0.2) is 42.7 Å². The summed E-state index contributed by atoms with van der Waals surface area (Å²) in [6.45, 7) is 4.72. The van der Waals surface area contributed by atoms with Gasteiger partial charge < -0.3 is 19.3 Å². The molecular weight excluding hydrogens is 332 g/mol. The Bertz CT molecular complexity index is 768. The fourth-order valence-corrected chi connectivity index (χ4v) is 3.37. The van der Waals surface area contributed by atoms with Crippen molar-refractivity contribution in [2.75, 3.05) is 49.3 Å². The topological polar surface area (TPSA) is 67.8 Å². The minimum absolute atomic E-state index is 0.0378. The SMILES string of the molecule is Cc1cnc(N2CCOC[C@]3(C2)CN(c2ccccc2)C(=O)CO3)nc1. The molecule has 1 aromatic heterocycles. The summed E-state index contributed by atoms with van der Waals surface area (Å²) < 4.78 is 11.8. The molecule has 2 aliphatic rings. The van der Waals surface area contributed by atoms with Crippen LogP contribution in [-0.2, 0) is 14.3 Å². The van der Waals surface area contributed by atoms with E-state index in [0.717, 1.165) is 11.3 Å². The fraction of sp³-hybridized carbons (Fsp3) is 0.421. The monoisotopic (exact) mass is 354 g/mol. The Morgan fingerprint density at radius 1 is 1.12 bits per heavy atom. The van der Waals surface area contributed by atoms with Gasteiger partial charge in [0.25, 0.3) is 5.91 Å². The van der Waals surface area contributed by atoms with E-state index < -0.39 is 5.60 Å². The number of nitrogens with zero attached hydrogens (tertiary/aromatic N) is 4. The number of hydrogen-bond donors (Lipinski definition) is 0. The van der Waals surface area contributed by atoms with Gasteiger partial charge in [0, 0.05) is 24.6 Å². The van der Waals surface area contributed by atoms with Crippen LogP contribution in [0.5, 0.6) is 0 Å². The number of morpholine rings is 1. The summed E-state index contributed by atoms with van der Waals surface area (Å²) in [6, 6.07) is 9.68. The Kier molecular flexibility index (Phi) is 4.57. The third kappa shape index (κ3) is 3.40. The molecule has 3 heterocycles. The Labute approximate surface area is 152 Å². The molecule has 2 aliphatic heterocycles. The molecule has 1 atom stereocenters. The Morgan fingerprint density at radius 3 is 2.65 bits per heavy atom. The summed E-state index contributed by atoms with van der Waals surface area (Å²) >= 11 is 0. The van der Waals surface area contributed by atoms with E-state index in [1.165, 1.54) is 0 Å². The van der Waals surface area contributed by atoms with Crippen molar-refractivity contribution in [3.63, 3.8) is 0 Å². The molecule has 2 fully saturated rings. The van der Waals surface area contributed by atoms with E-state index in [2.05, 4.69) is 14.9 Å². The molecule has 136 valence electrons. The number of rotatable bonds is 2. The summed E-state index contributed by atoms with van der Waals surface area (Å²) in [7, 11) is 0. The van der Waals surface area contributed by atoms with E-state index in [1.807, 2.05) is 49.6 Å². The summed E-state index contributed by atoms with van der Waals surface area (Å²) in [4.78, 5) is 25.2. The summed E-state index contributed by atoms with van der Waals surface area (Å²) in [6.07, 6.45) is 3.62. The van der Waals surface area contributed by atoms with Crippen LogP contribution in [0, 0.1) is 6.92 Å². The number of aromatic nitrogens is 2. The van der Waals surface area contributed by atoms with Gasteiger partial charge in [0.2, 0.25) is 5.95 Å². The molecule has 7 heteroatoms. The van der Waals surface area contributed by atoms with Gasteiger partial charge in [-0.2, -0.15) is 0 Å². The van der Waals surface area contributed by atoms with Crippen molar-refractivity contribution in [1.29, 1.82) is 0 Å². The van der Waals surface area contributed by atoms with Gasteiger partial charge in [-0.15, -0.1) is 0 Å². The van der Waals surface area contributed by atoms with Crippen molar-refractivity contribution in [3.05, 3.63) is 48.3 Å². The van der Waals surface area contributed by atoms with Crippen LogP contribution in [-0.4, -0.2) is 60.9 Å². The van der Waals surface area contributed by atoms with Gasteiger partial charge in [0.05, 0.1) is 26.3 Å². The van der Waals surface area contributed by atoms with E-state index in [9.17, 15) is 4.79 Å². The lowest BCUT2D eigenvalue weighted by molar-refractivity contribution is -0.143. The molecule has 0 unspecified atom stereocenters. The number of ether oxygens (including phenoxy) is 2. The molecule has 7 nitrogen and oxygen atoms in total. The molecule has 1 spiro atoms. The maximum Gasteiger partial charge on any atom is 0.253 e. The molecule has 4 rings (SSSR count). The standard InChI is InChI=1S/C19H22N4O3/c1-15-9-20-18(21-10-15)22-7-8-25-14-19(12-22)13-23(17(24)11-26-19)16-5-3-2-4-6-16/h2-6,9-10H,7-8,11-14H2,1H3/t19-/m0/s1. The first kappa shape index (κ1) is 16.9. The molecule has 2 saturated heterocycles. The van der Waals surface area contributed by atoms with Crippen LogP contribution in [0.3, 0.4) is 0 Å². The number of benzene rings is 1. The average molecular weight is 354 g/mol. The van der Waals surface area contributed by atoms with E-state index >= 15 is 0 Å². The van der Waals surface area contributed by atoms with E-state index in [-0.39, 0.29) is 12.5 Å². The largest absolute Gasteiger partial charge is 0.376 e. The number of aryl methyl sites for hydroxylation is 1. The summed E-state index contributed by atoms with van der Waals surface area (Å²) in [5, 5.41) is 0. The van der Waals surface area contributed by atoms with Crippen LogP contribution >= 0.6 is 0 Å². The van der Waals surface area contributed by atoms with Gasteiger partial charge in [-0.3, -0.25) is 4.79 Å². The highest BCUT2D eigenvalue weighted by Gasteiger charge is 2.43. The molecule has 1 aromatic carbocycles. The molecule has 2 aromatic rings. The van der Waals surface area contributed by atoms with Crippen molar-refractivity contribution in [3.8, 4) is 0 Å². The second-order valence-electron chi connectivity index (χ2n) is 6.82. The maximum atomic E-state index is 12.4. The highest BCUT2D eigenvalue weighted by atomic mass is 16.6. The van der Waals surface area contributed by atoms with Crippen molar-refractivity contribution >= 4 is 17.5 Å². The second-order valence-corrected chi connectivity index (χ2v) is 6.82. The quantitative estimate of drug-likeness (QED) is 0.813. The predicted molar refractivity (Wildman–Crippen MR) is 97.3 cm³/mol. The number of para-hydroxylation sites is 1. The summed E-state index contributed by atoms with van der Waals surface area (Å²) in [5.41, 5.74) is 1.29. The number of anilines is 2. The smallest absolute Gasteiger partial charge is 0.253 e. The van der Waals surface area contributed by atoms with Crippen molar-refractivity contribution < 1.29 is 14.3 Å². The Hall–Kier alpha value is -2.51. The van der Waals surface area contributed by atoms with E-state index in [4.69, 9.17) is 9.47 Å². The molecule has 26 heavy (non-hydrogen) atoms. The van der Waals surface area contributed by atoms with Crippen LogP contribution in [0.4, 0.5) is 11.6 Å². The molecule has 1 amide bonds. The first-order chi connectivity index (χ1) is 12.7. The zero-order valence-electron chi connectivity index (χ0n) is 14.8. The van der Waals surface area contributed by atoms with Crippen LogP contribution in [0.25, 0.3) is 0 Å². The molecule has 0 radical (unpaired) electrons. The van der Waals surface area contributed by atoms with Gasteiger partial charge in [0.15, 0.2) is 0 Å². The van der Waals surface area contributed by atoms with Crippen molar-refractivity contribution in [2.24, 2.45) is 0 Å². The highest BCUT2D eigenvalue weighted by molar-refractivity contribution is 5.95. The lowest BCUT2D eigenvalue weighted by Crippen LogP contribution is -2.61. The molecular formula is C19H22N4O3.